The molecule has 0 aliphatic carbocycles. The van der Waals surface area contributed by atoms with Crippen molar-refractivity contribution in [2.75, 3.05) is 47.8 Å². The Labute approximate surface area is 168 Å². The van der Waals surface area contributed by atoms with Crippen molar-refractivity contribution >= 4 is 23.0 Å². The van der Waals surface area contributed by atoms with Gasteiger partial charge in [-0.3, -0.25) is 15.0 Å². The molecular weight excluding hydrogens is 348 g/mol. The van der Waals surface area contributed by atoms with Crippen molar-refractivity contribution in [3.05, 3.63) is 41.5 Å². The van der Waals surface area contributed by atoms with Crippen LogP contribution in [0.1, 0.15) is 24.0 Å². The van der Waals surface area contributed by atoms with Gasteiger partial charge in [-0.15, -0.1) is 0 Å². The van der Waals surface area contributed by atoms with Crippen LogP contribution >= 0.6 is 0 Å². The van der Waals surface area contributed by atoms with E-state index in [1.165, 1.54) is 18.4 Å². The number of allylic oxidation sites excluding steroid dienone is 1. The third-order valence-electron chi connectivity index (χ3n) is 5.14. The third-order valence-corrected chi connectivity index (χ3v) is 5.14. The fourth-order valence-corrected chi connectivity index (χ4v) is 3.67. The monoisotopic (exact) mass is 380 g/mol. The van der Waals surface area contributed by atoms with Crippen LogP contribution in [0.2, 0.25) is 0 Å². The SMILES string of the molecule is CN=C1C=C(c2ccc(CN(C)C)cc2)NC(=NCC2CCCNC2)C1=NC. The van der Waals surface area contributed by atoms with E-state index in [1.807, 2.05) is 7.05 Å². The van der Waals surface area contributed by atoms with Crippen LogP contribution in [0, 0.1) is 5.92 Å². The van der Waals surface area contributed by atoms with Crippen LogP contribution in [0.3, 0.4) is 0 Å². The molecule has 0 saturated carbocycles. The molecule has 1 aromatic rings. The van der Waals surface area contributed by atoms with Crippen LogP contribution in [0.25, 0.3) is 5.70 Å². The number of hydrogen-bond donors (Lipinski definition) is 2. The molecule has 0 aromatic heterocycles. The first-order chi connectivity index (χ1) is 13.6. The molecule has 2 heterocycles. The van der Waals surface area contributed by atoms with E-state index in [0.29, 0.717) is 5.92 Å². The van der Waals surface area contributed by atoms with E-state index >= 15 is 0 Å². The summed E-state index contributed by atoms with van der Waals surface area (Å²) in [6.45, 7) is 3.90. The smallest absolute Gasteiger partial charge is 0.153 e. The van der Waals surface area contributed by atoms with Crippen LogP contribution in [0.4, 0.5) is 0 Å². The van der Waals surface area contributed by atoms with Gasteiger partial charge in [0, 0.05) is 32.9 Å². The maximum Gasteiger partial charge on any atom is 0.153 e. The number of piperidine rings is 1. The first-order valence-corrected chi connectivity index (χ1v) is 10.0. The van der Waals surface area contributed by atoms with Gasteiger partial charge in [-0.25, -0.2) is 0 Å². The Bertz CT molecular complexity index is 780. The zero-order valence-electron chi connectivity index (χ0n) is 17.5. The quantitative estimate of drug-likeness (QED) is 0.823. The Hall–Kier alpha value is -2.31. The van der Waals surface area contributed by atoms with Gasteiger partial charge in [-0.05, 0) is 63.1 Å². The lowest BCUT2D eigenvalue weighted by atomic mass is 9.99. The molecule has 0 bridgehead atoms. The van der Waals surface area contributed by atoms with Gasteiger partial charge in [0.05, 0.1) is 5.71 Å². The van der Waals surface area contributed by atoms with Crippen molar-refractivity contribution in [3.8, 4) is 0 Å². The topological polar surface area (TPSA) is 64.4 Å². The molecule has 1 unspecified atom stereocenters. The number of benzene rings is 1. The van der Waals surface area contributed by atoms with Crippen LogP contribution in [-0.2, 0) is 6.54 Å². The zero-order chi connectivity index (χ0) is 19.9. The van der Waals surface area contributed by atoms with Crippen molar-refractivity contribution in [2.24, 2.45) is 20.9 Å². The maximum atomic E-state index is 4.90. The average molecular weight is 381 g/mol. The molecule has 28 heavy (non-hydrogen) atoms. The lowest BCUT2D eigenvalue weighted by molar-refractivity contribution is 0.386. The van der Waals surface area contributed by atoms with E-state index in [-0.39, 0.29) is 0 Å². The molecule has 6 heteroatoms. The van der Waals surface area contributed by atoms with E-state index in [9.17, 15) is 0 Å². The summed E-state index contributed by atoms with van der Waals surface area (Å²) in [5, 5.41) is 6.97. The minimum absolute atomic E-state index is 0.586. The highest BCUT2D eigenvalue weighted by Gasteiger charge is 2.22. The summed E-state index contributed by atoms with van der Waals surface area (Å²) in [7, 11) is 7.77. The number of hydrogen-bond acceptors (Lipinski definition) is 5. The van der Waals surface area contributed by atoms with Gasteiger partial charge in [-0.2, -0.15) is 0 Å². The average Bonchev–Trinajstić information content (AvgIpc) is 2.72. The van der Waals surface area contributed by atoms with Gasteiger partial charge in [0.15, 0.2) is 5.84 Å². The van der Waals surface area contributed by atoms with Crippen molar-refractivity contribution in [1.29, 1.82) is 0 Å². The summed E-state index contributed by atoms with van der Waals surface area (Å²) in [4.78, 5) is 16.0. The predicted octanol–water partition coefficient (Wildman–Crippen LogP) is 2.23. The lowest BCUT2D eigenvalue weighted by Gasteiger charge is -2.24. The van der Waals surface area contributed by atoms with E-state index in [0.717, 1.165) is 54.7 Å². The minimum atomic E-state index is 0.586. The highest BCUT2D eigenvalue weighted by Crippen LogP contribution is 2.18. The number of amidine groups is 1. The highest BCUT2D eigenvalue weighted by molar-refractivity contribution is 6.72. The summed E-state index contributed by atoms with van der Waals surface area (Å²) in [6.07, 6.45) is 4.52. The van der Waals surface area contributed by atoms with Crippen LogP contribution in [-0.4, -0.2) is 70.0 Å². The summed E-state index contributed by atoms with van der Waals surface area (Å²) in [5.41, 5.74) is 5.15. The number of rotatable bonds is 5. The standard InChI is InChI=1S/C22H32N6/c1-23-20-12-19(18-9-7-16(8-10-18)15-28(3)4)27-22(21(20)24-2)26-14-17-6-5-11-25-13-17/h7-10,12,17,25H,5-6,11,13-15H2,1-4H3,(H,26,27). The molecule has 0 radical (unpaired) electrons. The van der Waals surface area contributed by atoms with Crippen molar-refractivity contribution in [3.63, 3.8) is 0 Å². The first-order valence-electron chi connectivity index (χ1n) is 10.0. The molecule has 0 spiro atoms. The maximum absolute atomic E-state index is 4.90. The van der Waals surface area contributed by atoms with Crippen LogP contribution < -0.4 is 10.6 Å². The summed E-state index contributed by atoms with van der Waals surface area (Å²) in [6, 6.07) is 8.66. The van der Waals surface area contributed by atoms with Crippen molar-refractivity contribution in [1.82, 2.24) is 15.5 Å². The van der Waals surface area contributed by atoms with Gasteiger partial charge in [0.25, 0.3) is 0 Å². The van der Waals surface area contributed by atoms with Gasteiger partial charge in [0.2, 0.25) is 0 Å². The van der Waals surface area contributed by atoms with Gasteiger partial charge in [-0.1, -0.05) is 24.3 Å². The largest absolute Gasteiger partial charge is 0.338 e. The van der Waals surface area contributed by atoms with Crippen LogP contribution in [0.15, 0.2) is 45.3 Å². The summed E-state index contributed by atoms with van der Waals surface area (Å²) in [5.74, 6) is 1.41. The molecule has 2 N–H and O–H groups in total. The molecule has 2 aliphatic heterocycles. The molecule has 0 amide bonds. The second-order valence-electron chi connectivity index (χ2n) is 7.70. The fraction of sp³-hybridized carbons (Fsp3) is 0.500. The van der Waals surface area contributed by atoms with Crippen molar-refractivity contribution < 1.29 is 0 Å². The number of nitrogens with one attached hydrogen (secondary N) is 2. The second-order valence-corrected chi connectivity index (χ2v) is 7.70. The minimum Gasteiger partial charge on any atom is -0.338 e. The summed E-state index contributed by atoms with van der Waals surface area (Å²) >= 11 is 0. The van der Waals surface area contributed by atoms with Gasteiger partial charge >= 0.3 is 0 Å². The van der Waals surface area contributed by atoms with Gasteiger partial charge in [0.1, 0.15) is 5.71 Å². The van der Waals surface area contributed by atoms with E-state index in [4.69, 9.17) is 4.99 Å². The Morgan fingerprint density at radius 1 is 1.11 bits per heavy atom. The molecule has 1 atom stereocenters. The normalized spacial score (nSPS) is 24.7. The molecule has 1 aromatic carbocycles. The molecular formula is C22H32N6. The van der Waals surface area contributed by atoms with E-state index in [1.54, 1.807) is 7.05 Å². The third kappa shape index (κ3) is 5.14. The molecule has 150 valence electrons. The first kappa shape index (κ1) is 20.4. The van der Waals surface area contributed by atoms with E-state index < -0.39 is 0 Å². The van der Waals surface area contributed by atoms with Gasteiger partial charge < -0.3 is 15.5 Å². The number of nitrogens with zero attached hydrogens (tertiary/aromatic N) is 4. The Morgan fingerprint density at radius 2 is 1.89 bits per heavy atom. The Kier molecular flexibility index (Phi) is 7.12. The summed E-state index contributed by atoms with van der Waals surface area (Å²) < 4.78 is 0. The fourth-order valence-electron chi connectivity index (χ4n) is 3.67. The Balaban J connectivity index is 1.82. The van der Waals surface area contributed by atoms with E-state index in [2.05, 4.69) is 70.0 Å². The molecule has 1 fully saturated rings. The molecule has 1 saturated heterocycles. The van der Waals surface area contributed by atoms with Crippen molar-refractivity contribution in [2.45, 2.75) is 19.4 Å². The second kappa shape index (κ2) is 9.75. The number of aliphatic imine (C=N–C) groups is 3. The zero-order valence-corrected chi connectivity index (χ0v) is 17.5. The Morgan fingerprint density at radius 3 is 2.50 bits per heavy atom. The highest BCUT2D eigenvalue weighted by atomic mass is 15.1. The van der Waals surface area contributed by atoms with Crippen LogP contribution in [0.5, 0.6) is 0 Å². The molecule has 2 aliphatic rings. The predicted molar refractivity (Wildman–Crippen MR) is 120 cm³/mol. The lowest BCUT2D eigenvalue weighted by Crippen LogP contribution is -2.40. The molecule has 6 nitrogen and oxygen atoms in total. The molecule has 3 rings (SSSR count).